The van der Waals surface area contributed by atoms with Gasteiger partial charge in [-0.2, -0.15) is 5.43 Å². The molecular formula is C11H21N2O+. The fourth-order valence-corrected chi connectivity index (χ4v) is 2.17. The van der Waals surface area contributed by atoms with Gasteiger partial charge in [0, 0.05) is 0 Å². The molecule has 3 heteroatoms. The van der Waals surface area contributed by atoms with Crippen LogP contribution in [0.2, 0.25) is 0 Å². The van der Waals surface area contributed by atoms with Crippen LogP contribution < -0.4 is 5.43 Å². The summed E-state index contributed by atoms with van der Waals surface area (Å²) in [4.78, 5) is 11.0. The van der Waals surface area contributed by atoms with E-state index in [2.05, 4.69) is 19.3 Å². The first kappa shape index (κ1) is 10.1. The molecule has 2 rings (SSSR count). The van der Waals surface area contributed by atoms with Gasteiger partial charge in [0.15, 0.2) is 12.6 Å². The Bertz CT molecular complexity index is 254. The minimum atomic E-state index is 0.312. The van der Waals surface area contributed by atoms with E-state index >= 15 is 0 Å². The van der Waals surface area contributed by atoms with Crippen LogP contribution in [0, 0.1) is 5.92 Å². The molecule has 1 heterocycles. The van der Waals surface area contributed by atoms with Crippen LogP contribution in [0.15, 0.2) is 0 Å². The molecule has 0 amide bonds. The molecule has 0 radical (unpaired) electrons. The van der Waals surface area contributed by atoms with Crippen LogP contribution in [0.25, 0.3) is 0 Å². The van der Waals surface area contributed by atoms with Gasteiger partial charge in [0.2, 0.25) is 0 Å². The van der Waals surface area contributed by atoms with Crippen molar-refractivity contribution < 1.29 is 9.39 Å². The van der Waals surface area contributed by atoms with Gasteiger partial charge in [-0.1, -0.05) is 6.92 Å². The molecule has 0 aromatic rings. The number of ketones is 1. The van der Waals surface area contributed by atoms with Gasteiger partial charge in [0.1, 0.15) is 12.3 Å². The second-order valence-electron chi connectivity index (χ2n) is 5.19. The van der Waals surface area contributed by atoms with Gasteiger partial charge in [-0.3, -0.25) is 4.79 Å². The molecule has 0 bridgehead atoms. The van der Waals surface area contributed by atoms with Gasteiger partial charge in [0.25, 0.3) is 0 Å². The molecule has 1 saturated heterocycles. The average Bonchev–Trinajstić information content (AvgIpc) is 2.93. The molecule has 1 aliphatic carbocycles. The van der Waals surface area contributed by atoms with Crippen LogP contribution in [-0.4, -0.2) is 35.5 Å². The number of carbonyl (C=O) groups is 1. The first-order valence-corrected chi connectivity index (χ1v) is 5.67. The maximum Gasteiger partial charge on any atom is 0.155 e. The zero-order valence-electron chi connectivity index (χ0n) is 9.42. The van der Waals surface area contributed by atoms with Gasteiger partial charge >= 0.3 is 0 Å². The summed E-state index contributed by atoms with van der Waals surface area (Å²) >= 11 is 0. The smallest absolute Gasteiger partial charge is 0.155 e. The minimum absolute atomic E-state index is 0.312. The van der Waals surface area contributed by atoms with E-state index in [4.69, 9.17) is 0 Å². The summed E-state index contributed by atoms with van der Waals surface area (Å²) in [6.45, 7) is 8.42. The van der Waals surface area contributed by atoms with E-state index < -0.39 is 0 Å². The third kappa shape index (κ3) is 1.98. The van der Waals surface area contributed by atoms with Crippen molar-refractivity contribution in [3.8, 4) is 0 Å². The minimum Gasteiger partial charge on any atom is -0.300 e. The molecule has 1 N–H and O–H groups in total. The van der Waals surface area contributed by atoms with Crippen LogP contribution in [0.1, 0.15) is 33.6 Å². The molecule has 0 aromatic heterocycles. The zero-order valence-corrected chi connectivity index (χ0v) is 9.42. The average molecular weight is 197 g/mol. The van der Waals surface area contributed by atoms with Crippen LogP contribution in [0.5, 0.6) is 0 Å². The van der Waals surface area contributed by atoms with E-state index in [0.29, 0.717) is 17.9 Å². The number of rotatable bonds is 5. The van der Waals surface area contributed by atoms with Crippen molar-refractivity contribution in [3.63, 3.8) is 0 Å². The Labute approximate surface area is 86.0 Å². The van der Waals surface area contributed by atoms with Crippen molar-refractivity contribution >= 4 is 5.78 Å². The molecule has 4 atom stereocenters. The molecule has 3 nitrogen and oxygen atoms in total. The summed E-state index contributed by atoms with van der Waals surface area (Å²) in [5, 5.41) is 0. The number of Topliss-reactive ketones (excluding diaryl/α,β-unsaturated/α-hetero) is 1. The molecule has 1 saturated carbocycles. The highest BCUT2D eigenvalue weighted by Crippen LogP contribution is 2.36. The third-order valence-electron chi connectivity index (χ3n) is 3.70. The lowest BCUT2D eigenvalue weighted by atomic mass is 10.3. The molecule has 2 aliphatic rings. The third-order valence-corrected chi connectivity index (χ3v) is 3.70. The normalized spacial score (nSPS) is 44.9. The molecular weight excluding hydrogens is 176 g/mol. The van der Waals surface area contributed by atoms with Crippen molar-refractivity contribution in [1.82, 2.24) is 5.43 Å². The Morgan fingerprint density at radius 3 is 2.43 bits per heavy atom. The highest BCUT2D eigenvalue weighted by Gasteiger charge is 2.55. The topological polar surface area (TPSA) is 29.1 Å². The maximum atomic E-state index is 11.0. The first-order valence-electron chi connectivity index (χ1n) is 5.67. The van der Waals surface area contributed by atoms with Gasteiger partial charge < -0.3 is 0 Å². The summed E-state index contributed by atoms with van der Waals surface area (Å²) in [5.74, 6) is 1.15. The fourth-order valence-electron chi connectivity index (χ4n) is 2.17. The van der Waals surface area contributed by atoms with Crippen molar-refractivity contribution in [1.29, 1.82) is 0 Å². The van der Waals surface area contributed by atoms with Crippen molar-refractivity contribution in [2.24, 2.45) is 5.92 Å². The quantitative estimate of drug-likeness (QED) is 0.528. The van der Waals surface area contributed by atoms with E-state index in [0.717, 1.165) is 23.5 Å². The van der Waals surface area contributed by atoms with Crippen molar-refractivity contribution in [2.75, 3.05) is 13.1 Å². The van der Waals surface area contributed by atoms with E-state index in [1.54, 1.807) is 6.92 Å². The Morgan fingerprint density at radius 2 is 2.07 bits per heavy atom. The molecule has 1 aliphatic heterocycles. The SMILES string of the molecule is CC(=O)CC[N+]1(NC2CC2C)CC1C. The highest BCUT2D eigenvalue weighted by atomic mass is 16.1. The maximum absolute atomic E-state index is 11.0. The van der Waals surface area contributed by atoms with E-state index in [-0.39, 0.29) is 0 Å². The van der Waals surface area contributed by atoms with Crippen molar-refractivity contribution in [2.45, 2.75) is 45.7 Å². The number of hydrogen-bond acceptors (Lipinski definition) is 2. The van der Waals surface area contributed by atoms with Crippen LogP contribution in [0.4, 0.5) is 0 Å². The Kier molecular flexibility index (Phi) is 2.40. The van der Waals surface area contributed by atoms with Crippen LogP contribution in [0.3, 0.4) is 0 Å². The van der Waals surface area contributed by atoms with E-state index in [9.17, 15) is 4.79 Å². The molecule has 14 heavy (non-hydrogen) atoms. The van der Waals surface area contributed by atoms with E-state index in [1.807, 2.05) is 0 Å². The predicted molar refractivity (Wildman–Crippen MR) is 55.5 cm³/mol. The first-order chi connectivity index (χ1) is 6.53. The summed E-state index contributed by atoms with van der Waals surface area (Å²) in [6, 6.07) is 1.43. The molecule has 0 spiro atoms. The molecule has 80 valence electrons. The lowest BCUT2D eigenvalue weighted by Crippen LogP contribution is -2.45. The Morgan fingerprint density at radius 1 is 1.50 bits per heavy atom. The number of hydrogen-bond donors (Lipinski definition) is 1. The van der Waals surface area contributed by atoms with Crippen LogP contribution in [-0.2, 0) is 4.79 Å². The second-order valence-corrected chi connectivity index (χ2v) is 5.19. The van der Waals surface area contributed by atoms with E-state index in [1.165, 1.54) is 13.0 Å². The highest BCUT2D eigenvalue weighted by molar-refractivity contribution is 5.75. The number of carbonyl (C=O) groups excluding carboxylic acids is 1. The number of nitrogens with zero attached hydrogens (tertiary/aromatic N) is 1. The summed E-state index contributed by atoms with van der Waals surface area (Å²) in [5.41, 5.74) is 3.68. The summed E-state index contributed by atoms with van der Waals surface area (Å²) in [7, 11) is 0. The summed E-state index contributed by atoms with van der Waals surface area (Å²) < 4.78 is 0.995. The van der Waals surface area contributed by atoms with Gasteiger partial charge in [-0.25, -0.2) is 4.59 Å². The molecule has 4 unspecified atom stereocenters. The molecule has 0 aromatic carbocycles. The van der Waals surface area contributed by atoms with Gasteiger partial charge in [-0.05, 0) is 26.2 Å². The standard InChI is InChI=1S/C11H21N2O/c1-8-6-11(8)12-13(7-9(13)2)5-4-10(3)14/h8-9,11-12H,4-7H2,1-3H3/q+1. The summed E-state index contributed by atoms with van der Waals surface area (Å²) in [6.07, 6.45) is 2.03. The zero-order chi connectivity index (χ0) is 10.3. The largest absolute Gasteiger partial charge is 0.300 e. The second kappa shape index (κ2) is 3.31. The Hall–Kier alpha value is -0.410. The monoisotopic (exact) mass is 197 g/mol. The fraction of sp³-hybridized carbons (Fsp3) is 0.909. The van der Waals surface area contributed by atoms with Crippen molar-refractivity contribution in [3.05, 3.63) is 0 Å². The lowest BCUT2D eigenvalue weighted by Gasteiger charge is -2.19. The predicted octanol–water partition coefficient (Wildman–Crippen LogP) is 1.10. The van der Waals surface area contributed by atoms with Gasteiger partial charge in [0.05, 0.1) is 12.5 Å². The number of quaternary nitrogens is 1. The lowest BCUT2D eigenvalue weighted by molar-refractivity contribution is -0.861. The number of nitrogens with one attached hydrogen (secondary N) is 1. The molecule has 2 fully saturated rings. The Balaban J connectivity index is 1.81. The van der Waals surface area contributed by atoms with Gasteiger partial charge in [-0.15, -0.1) is 0 Å². The van der Waals surface area contributed by atoms with Crippen LogP contribution >= 0.6 is 0 Å².